The van der Waals surface area contributed by atoms with Crippen LogP contribution in [-0.4, -0.2) is 16.6 Å². The molecular weight excluding hydrogens is 196 g/mol. The largest absolute Gasteiger partial charge is 0.321 e. The van der Waals surface area contributed by atoms with E-state index in [1.54, 1.807) is 11.8 Å². The van der Waals surface area contributed by atoms with E-state index in [1.165, 1.54) is 0 Å². The number of nitrogens with zero attached hydrogens (tertiary/aromatic N) is 2. The average molecular weight is 206 g/mol. The molecule has 0 saturated carbocycles. The molecule has 0 aromatic heterocycles. The summed E-state index contributed by atoms with van der Waals surface area (Å²) in [6.07, 6.45) is 0. The molecule has 1 aromatic rings. The molecule has 0 aliphatic carbocycles. The number of benzene rings is 1. The molecule has 4 nitrogen and oxygen atoms in total. The van der Waals surface area contributed by atoms with E-state index in [4.69, 9.17) is 5.84 Å². The molecule has 0 spiro atoms. The van der Waals surface area contributed by atoms with Gasteiger partial charge in [-0.25, -0.2) is 0 Å². The Morgan fingerprint density at radius 2 is 2.14 bits per heavy atom. The van der Waals surface area contributed by atoms with Crippen molar-refractivity contribution in [2.75, 3.05) is 5.75 Å². The lowest BCUT2D eigenvalue weighted by Gasteiger charge is -2.13. The summed E-state index contributed by atoms with van der Waals surface area (Å²) in [5, 5.41) is 8.38. The predicted octanol–water partition coefficient (Wildman–Crippen LogP) is 0.957. The van der Waals surface area contributed by atoms with Gasteiger partial charge in [-0.15, -0.1) is 0 Å². The van der Waals surface area contributed by atoms with E-state index >= 15 is 0 Å². The second kappa shape index (κ2) is 4.15. The predicted molar refractivity (Wildman–Crippen MR) is 60.2 cm³/mol. The molecule has 0 saturated heterocycles. The molecule has 1 aliphatic heterocycles. The van der Waals surface area contributed by atoms with Gasteiger partial charge in [-0.3, -0.25) is 5.43 Å². The summed E-state index contributed by atoms with van der Waals surface area (Å²) < 4.78 is 0. The maximum Gasteiger partial charge on any atom is 0.200 e. The molecule has 0 radical (unpaired) electrons. The first kappa shape index (κ1) is 9.08. The van der Waals surface area contributed by atoms with Crippen molar-refractivity contribution < 1.29 is 0 Å². The first-order valence-electron chi connectivity index (χ1n) is 4.19. The van der Waals surface area contributed by atoms with Gasteiger partial charge in [0, 0.05) is 5.75 Å². The van der Waals surface area contributed by atoms with Crippen molar-refractivity contribution in [1.82, 2.24) is 5.43 Å². The minimum absolute atomic E-state index is 0.657. The molecule has 1 aromatic carbocycles. The van der Waals surface area contributed by atoms with Crippen molar-refractivity contribution in [3.63, 3.8) is 0 Å². The van der Waals surface area contributed by atoms with Crippen LogP contribution in [0.2, 0.25) is 0 Å². The molecule has 5 heteroatoms. The number of rotatable bonds is 1. The Morgan fingerprint density at radius 3 is 2.71 bits per heavy atom. The van der Waals surface area contributed by atoms with Crippen molar-refractivity contribution in [2.45, 2.75) is 0 Å². The molecule has 0 fully saturated rings. The number of hydrazone groups is 2. The fourth-order valence-corrected chi connectivity index (χ4v) is 1.85. The van der Waals surface area contributed by atoms with Crippen LogP contribution in [0.3, 0.4) is 0 Å². The lowest BCUT2D eigenvalue weighted by Crippen LogP contribution is -2.26. The highest BCUT2D eigenvalue weighted by molar-refractivity contribution is 8.14. The summed E-state index contributed by atoms with van der Waals surface area (Å²) in [5.74, 6) is 5.92. The fourth-order valence-electron chi connectivity index (χ4n) is 1.16. The molecule has 0 atom stereocenters. The van der Waals surface area contributed by atoms with Crippen LogP contribution in [0, 0.1) is 0 Å². The Balaban J connectivity index is 2.19. The Labute approximate surface area is 86.3 Å². The number of thioether (sulfide) groups is 1. The third-order valence-corrected chi connectivity index (χ3v) is 2.74. The van der Waals surface area contributed by atoms with Crippen LogP contribution in [0.25, 0.3) is 0 Å². The summed E-state index contributed by atoms with van der Waals surface area (Å²) in [6, 6.07) is 10.0. The Bertz CT molecular complexity index is 372. The van der Waals surface area contributed by atoms with E-state index in [0.717, 1.165) is 17.0 Å². The van der Waals surface area contributed by atoms with Crippen LogP contribution in [0.1, 0.15) is 5.56 Å². The minimum Gasteiger partial charge on any atom is -0.321 e. The normalized spacial score (nSPS) is 18.9. The van der Waals surface area contributed by atoms with Crippen molar-refractivity contribution >= 4 is 22.6 Å². The van der Waals surface area contributed by atoms with Crippen molar-refractivity contribution in [1.29, 1.82) is 0 Å². The first-order chi connectivity index (χ1) is 6.90. The van der Waals surface area contributed by atoms with E-state index in [2.05, 4.69) is 15.6 Å². The van der Waals surface area contributed by atoms with E-state index in [0.29, 0.717) is 5.17 Å². The summed E-state index contributed by atoms with van der Waals surface area (Å²) in [7, 11) is 0. The Kier molecular flexibility index (Phi) is 2.69. The van der Waals surface area contributed by atoms with E-state index in [-0.39, 0.29) is 0 Å². The van der Waals surface area contributed by atoms with Gasteiger partial charge < -0.3 is 5.84 Å². The standard InChI is InChI=1S/C9H10N4S/c10-11-9-13-12-8(6-14-9)7-4-2-1-3-5-7/h1-5H,6,10H2,(H,11,13). The van der Waals surface area contributed by atoms with Gasteiger partial charge in [-0.1, -0.05) is 42.1 Å². The maximum absolute atomic E-state index is 5.12. The second-order valence-corrected chi connectivity index (χ2v) is 3.72. The van der Waals surface area contributed by atoms with Gasteiger partial charge in [0.15, 0.2) is 0 Å². The molecule has 2 rings (SSSR count). The highest BCUT2D eigenvalue weighted by Crippen LogP contribution is 2.12. The van der Waals surface area contributed by atoms with E-state index in [9.17, 15) is 0 Å². The van der Waals surface area contributed by atoms with Gasteiger partial charge in [-0.2, -0.15) is 10.2 Å². The van der Waals surface area contributed by atoms with Gasteiger partial charge in [0.2, 0.25) is 5.17 Å². The second-order valence-electron chi connectivity index (χ2n) is 2.76. The molecular formula is C9H10N4S. The average Bonchev–Trinajstić information content (AvgIpc) is 2.30. The van der Waals surface area contributed by atoms with Gasteiger partial charge in [0.25, 0.3) is 0 Å². The van der Waals surface area contributed by atoms with Gasteiger partial charge in [-0.05, 0) is 5.56 Å². The number of nitrogens with one attached hydrogen (secondary N) is 1. The number of nitrogens with two attached hydrogens (primary N) is 1. The molecule has 1 aliphatic rings. The van der Waals surface area contributed by atoms with Crippen LogP contribution in [0.4, 0.5) is 0 Å². The van der Waals surface area contributed by atoms with E-state index in [1.807, 2.05) is 30.3 Å². The van der Waals surface area contributed by atoms with Gasteiger partial charge >= 0.3 is 0 Å². The number of amidine groups is 1. The van der Waals surface area contributed by atoms with Crippen molar-refractivity contribution in [2.24, 2.45) is 16.0 Å². The zero-order valence-electron chi connectivity index (χ0n) is 7.47. The van der Waals surface area contributed by atoms with E-state index < -0.39 is 0 Å². The summed E-state index contributed by atoms with van der Waals surface area (Å²) in [6.45, 7) is 0. The van der Waals surface area contributed by atoms with Crippen molar-refractivity contribution in [3.05, 3.63) is 35.9 Å². The lowest BCUT2D eigenvalue weighted by molar-refractivity contribution is 1.02. The summed E-state index contributed by atoms with van der Waals surface area (Å²) in [4.78, 5) is 0. The number of hydrogen-bond acceptors (Lipinski definition) is 4. The van der Waals surface area contributed by atoms with Crippen LogP contribution in [-0.2, 0) is 0 Å². The third kappa shape index (κ3) is 1.88. The smallest absolute Gasteiger partial charge is 0.200 e. The zero-order chi connectivity index (χ0) is 9.80. The topological polar surface area (TPSA) is 62.8 Å². The highest BCUT2D eigenvalue weighted by atomic mass is 32.2. The molecule has 72 valence electrons. The highest BCUT2D eigenvalue weighted by Gasteiger charge is 2.11. The van der Waals surface area contributed by atoms with Crippen LogP contribution in [0.15, 0.2) is 40.5 Å². The summed E-state index contributed by atoms with van der Waals surface area (Å²) >= 11 is 1.55. The van der Waals surface area contributed by atoms with Crippen molar-refractivity contribution in [3.8, 4) is 0 Å². The molecule has 0 unspecified atom stereocenters. The first-order valence-corrected chi connectivity index (χ1v) is 5.17. The van der Waals surface area contributed by atoms with Crippen LogP contribution < -0.4 is 11.3 Å². The van der Waals surface area contributed by atoms with Gasteiger partial charge in [0.05, 0.1) is 5.71 Å². The Hall–Kier alpha value is -1.49. The molecule has 3 N–H and O–H groups in total. The maximum atomic E-state index is 5.12. The summed E-state index contributed by atoms with van der Waals surface area (Å²) in [5.41, 5.74) is 4.94. The molecule has 0 bridgehead atoms. The molecule has 1 heterocycles. The molecule has 0 amide bonds. The van der Waals surface area contributed by atoms with Crippen LogP contribution in [0.5, 0.6) is 0 Å². The zero-order valence-corrected chi connectivity index (χ0v) is 8.29. The minimum atomic E-state index is 0.657. The fraction of sp³-hybridized carbons (Fsp3) is 0.111. The monoisotopic (exact) mass is 206 g/mol. The Morgan fingerprint density at radius 1 is 1.36 bits per heavy atom. The van der Waals surface area contributed by atoms with Crippen LogP contribution >= 0.6 is 11.8 Å². The SMILES string of the molecule is N/N=C1\NN=C(c2ccccc2)CS1. The third-order valence-electron chi connectivity index (χ3n) is 1.86. The lowest BCUT2D eigenvalue weighted by atomic mass is 10.1. The van der Waals surface area contributed by atoms with Gasteiger partial charge in [0.1, 0.15) is 0 Å². The molecule has 14 heavy (non-hydrogen) atoms. The number of hydrogen-bond donors (Lipinski definition) is 2. The quantitative estimate of drug-likeness (QED) is 0.531.